The molecule has 0 aromatic rings. The van der Waals surface area contributed by atoms with E-state index in [4.69, 9.17) is 9.84 Å². The molecular weight excluding hydrogens is 182 g/mol. The van der Waals surface area contributed by atoms with Gasteiger partial charge in [0.25, 0.3) is 0 Å². The second kappa shape index (κ2) is 5.98. The SMILES string of the molecule is CC(=O)N1CCC[C@H](COCCO)C1. The minimum absolute atomic E-state index is 0.0726. The van der Waals surface area contributed by atoms with Crippen LogP contribution in [0.25, 0.3) is 0 Å². The fourth-order valence-corrected chi connectivity index (χ4v) is 1.80. The molecule has 0 aromatic heterocycles. The first kappa shape index (κ1) is 11.5. The Balaban J connectivity index is 2.22. The van der Waals surface area contributed by atoms with Crippen molar-refractivity contribution in [2.24, 2.45) is 5.92 Å². The first-order valence-electron chi connectivity index (χ1n) is 5.18. The molecule has 1 saturated heterocycles. The van der Waals surface area contributed by atoms with Crippen LogP contribution in [-0.2, 0) is 9.53 Å². The Morgan fingerprint density at radius 1 is 1.64 bits per heavy atom. The van der Waals surface area contributed by atoms with E-state index in [-0.39, 0.29) is 12.5 Å². The Bertz CT molecular complexity index is 184. The van der Waals surface area contributed by atoms with Crippen molar-refractivity contribution >= 4 is 5.91 Å². The average molecular weight is 201 g/mol. The molecule has 82 valence electrons. The second-order valence-corrected chi connectivity index (χ2v) is 3.77. The summed E-state index contributed by atoms with van der Waals surface area (Å²) in [5.41, 5.74) is 0. The predicted molar refractivity (Wildman–Crippen MR) is 52.9 cm³/mol. The maximum Gasteiger partial charge on any atom is 0.219 e. The van der Waals surface area contributed by atoms with Crippen LogP contribution in [0.5, 0.6) is 0 Å². The molecule has 1 N–H and O–H groups in total. The topological polar surface area (TPSA) is 49.8 Å². The number of piperidine rings is 1. The molecule has 0 unspecified atom stereocenters. The number of hydrogen-bond donors (Lipinski definition) is 1. The van der Waals surface area contributed by atoms with Gasteiger partial charge in [-0.25, -0.2) is 0 Å². The van der Waals surface area contributed by atoms with E-state index >= 15 is 0 Å². The lowest BCUT2D eigenvalue weighted by atomic mass is 9.99. The first-order chi connectivity index (χ1) is 6.74. The lowest BCUT2D eigenvalue weighted by Gasteiger charge is -2.31. The highest BCUT2D eigenvalue weighted by atomic mass is 16.5. The zero-order chi connectivity index (χ0) is 10.4. The summed E-state index contributed by atoms with van der Waals surface area (Å²) in [6.45, 7) is 4.42. The summed E-state index contributed by atoms with van der Waals surface area (Å²) < 4.78 is 5.26. The van der Waals surface area contributed by atoms with Gasteiger partial charge in [0.05, 0.1) is 19.8 Å². The highest BCUT2D eigenvalue weighted by molar-refractivity contribution is 5.73. The van der Waals surface area contributed by atoms with Gasteiger partial charge in [-0.15, -0.1) is 0 Å². The van der Waals surface area contributed by atoms with Crippen LogP contribution >= 0.6 is 0 Å². The van der Waals surface area contributed by atoms with Gasteiger partial charge in [0.15, 0.2) is 0 Å². The van der Waals surface area contributed by atoms with Crippen molar-refractivity contribution in [3.63, 3.8) is 0 Å². The smallest absolute Gasteiger partial charge is 0.219 e. The second-order valence-electron chi connectivity index (χ2n) is 3.77. The largest absolute Gasteiger partial charge is 0.394 e. The fourth-order valence-electron chi connectivity index (χ4n) is 1.80. The molecule has 4 nitrogen and oxygen atoms in total. The van der Waals surface area contributed by atoms with Crippen molar-refractivity contribution in [1.82, 2.24) is 4.90 Å². The first-order valence-corrected chi connectivity index (χ1v) is 5.18. The van der Waals surface area contributed by atoms with Gasteiger partial charge < -0.3 is 14.7 Å². The van der Waals surface area contributed by atoms with Crippen LogP contribution in [0.3, 0.4) is 0 Å². The number of likely N-dealkylation sites (tertiary alicyclic amines) is 1. The third kappa shape index (κ3) is 3.64. The number of rotatable bonds is 4. The standard InChI is InChI=1S/C10H19NO3/c1-9(13)11-4-2-3-10(7-11)8-14-6-5-12/h10,12H,2-8H2,1H3/t10-/m0/s1. The van der Waals surface area contributed by atoms with Gasteiger partial charge in [0.1, 0.15) is 0 Å². The number of amides is 1. The summed E-state index contributed by atoms with van der Waals surface area (Å²) >= 11 is 0. The molecule has 0 aromatic carbocycles. The van der Waals surface area contributed by atoms with E-state index in [1.807, 2.05) is 4.90 Å². The van der Waals surface area contributed by atoms with Gasteiger partial charge in [0.2, 0.25) is 5.91 Å². The van der Waals surface area contributed by atoms with Gasteiger partial charge in [-0.1, -0.05) is 0 Å². The zero-order valence-corrected chi connectivity index (χ0v) is 8.74. The van der Waals surface area contributed by atoms with Gasteiger partial charge in [-0.2, -0.15) is 0 Å². The van der Waals surface area contributed by atoms with E-state index in [0.29, 0.717) is 19.1 Å². The van der Waals surface area contributed by atoms with Crippen LogP contribution in [-0.4, -0.2) is 48.8 Å². The molecule has 1 heterocycles. The molecule has 0 aliphatic carbocycles. The van der Waals surface area contributed by atoms with Crippen LogP contribution in [0.4, 0.5) is 0 Å². The Morgan fingerprint density at radius 3 is 3.07 bits per heavy atom. The molecule has 1 fully saturated rings. The average Bonchev–Trinajstić information content (AvgIpc) is 2.19. The fraction of sp³-hybridized carbons (Fsp3) is 0.900. The Kier molecular flexibility index (Phi) is 4.90. The number of hydrogen-bond acceptors (Lipinski definition) is 3. The van der Waals surface area contributed by atoms with Crippen molar-refractivity contribution in [2.75, 3.05) is 32.9 Å². The highest BCUT2D eigenvalue weighted by Gasteiger charge is 2.21. The number of aliphatic hydroxyl groups is 1. The number of carbonyl (C=O) groups excluding carboxylic acids is 1. The van der Waals surface area contributed by atoms with Crippen molar-refractivity contribution in [3.8, 4) is 0 Å². The van der Waals surface area contributed by atoms with Crippen LogP contribution in [0.15, 0.2) is 0 Å². The Morgan fingerprint density at radius 2 is 2.43 bits per heavy atom. The number of ether oxygens (including phenoxy) is 1. The highest BCUT2D eigenvalue weighted by Crippen LogP contribution is 2.16. The number of carbonyl (C=O) groups is 1. The van der Waals surface area contributed by atoms with Crippen LogP contribution in [0, 0.1) is 5.92 Å². The van der Waals surface area contributed by atoms with Crippen molar-refractivity contribution in [3.05, 3.63) is 0 Å². The van der Waals surface area contributed by atoms with E-state index < -0.39 is 0 Å². The van der Waals surface area contributed by atoms with E-state index in [0.717, 1.165) is 25.9 Å². The number of nitrogens with zero attached hydrogens (tertiary/aromatic N) is 1. The van der Waals surface area contributed by atoms with Crippen molar-refractivity contribution in [2.45, 2.75) is 19.8 Å². The summed E-state index contributed by atoms with van der Waals surface area (Å²) in [4.78, 5) is 13.0. The van der Waals surface area contributed by atoms with Gasteiger partial charge in [-0.3, -0.25) is 4.79 Å². The Hall–Kier alpha value is -0.610. The molecule has 1 amide bonds. The zero-order valence-electron chi connectivity index (χ0n) is 8.74. The molecule has 0 spiro atoms. The molecule has 0 radical (unpaired) electrons. The molecule has 1 rings (SSSR count). The summed E-state index contributed by atoms with van der Waals surface area (Å²) in [7, 11) is 0. The molecule has 0 saturated carbocycles. The van der Waals surface area contributed by atoms with Gasteiger partial charge in [-0.05, 0) is 18.8 Å². The summed E-state index contributed by atoms with van der Waals surface area (Å²) in [5, 5.41) is 8.55. The van der Waals surface area contributed by atoms with Crippen molar-refractivity contribution < 1.29 is 14.6 Å². The van der Waals surface area contributed by atoms with Crippen LogP contribution < -0.4 is 0 Å². The molecular formula is C10H19NO3. The molecule has 4 heteroatoms. The minimum atomic E-state index is 0.0726. The van der Waals surface area contributed by atoms with Crippen LogP contribution in [0.1, 0.15) is 19.8 Å². The maximum atomic E-state index is 11.1. The van der Waals surface area contributed by atoms with E-state index in [9.17, 15) is 4.79 Å². The summed E-state index contributed by atoms with van der Waals surface area (Å²) in [5.74, 6) is 0.594. The molecule has 14 heavy (non-hydrogen) atoms. The maximum absolute atomic E-state index is 11.1. The quantitative estimate of drug-likeness (QED) is 0.663. The normalized spacial score (nSPS) is 22.4. The molecule has 1 aliphatic rings. The molecule has 0 bridgehead atoms. The minimum Gasteiger partial charge on any atom is -0.394 e. The van der Waals surface area contributed by atoms with E-state index in [2.05, 4.69) is 0 Å². The third-order valence-corrected chi connectivity index (χ3v) is 2.55. The molecule has 1 atom stereocenters. The van der Waals surface area contributed by atoms with Crippen LogP contribution in [0.2, 0.25) is 0 Å². The lowest BCUT2D eigenvalue weighted by Crippen LogP contribution is -2.40. The lowest BCUT2D eigenvalue weighted by molar-refractivity contribution is -0.131. The van der Waals surface area contributed by atoms with Gasteiger partial charge >= 0.3 is 0 Å². The Labute approximate surface area is 84.8 Å². The summed E-state index contributed by atoms with van der Waals surface area (Å²) in [6, 6.07) is 0. The summed E-state index contributed by atoms with van der Waals surface area (Å²) in [6.07, 6.45) is 2.18. The number of aliphatic hydroxyl groups excluding tert-OH is 1. The van der Waals surface area contributed by atoms with Crippen molar-refractivity contribution in [1.29, 1.82) is 0 Å². The monoisotopic (exact) mass is 201 g/mol. The van der Waals surface area contributed by atoms with E-state index in [1.54, 1.807) is 6.92 Å². The predicted octanol–water partition coefficient (Wildman–Crippen LogP) is 0.254. The van der Waals surface area contributed by atoms with E-state index in [1.165, 1.54) is 0 Å². The molecule has 1 aliphatic heterocycles. The third-order valence-electron chi connectivity index (χ3n) is 2.55. The van der Waals surface area contributed by atoms with Gasteiger partial charge in [0, 0.05) is 20.0 Å².